The molecule has 0 radical (unpaired) electrons. The van der Waals surface area contributed by atoms with Crippen molar-refractivity contribution < 1.29 is 13.2 Å². The van der Waals surface area contributed by atoms with Gasteiger partial charge in [0.15, 0.2) is 5.75 Å². The van der Waals surface area contributed by atoms with Crippen LogP contribution in [0, 0.1) is 0 Å². The van der Waals surface area contributed by atoms with Crippen LogP contribution >= 0.6 is 23.2 Å². The van der Waals surface area contributed by atoms with Crippen molar-refractivity contribution in [2.75, 3.05) is 0 Å². The second-order valence-corrected chi connectivity index (χ2v) is 7.39. The molecule has 0 spiro atoms. The van der Waals surface area contributed by atoms with Crippen LogP contribution in [-0.2, 0) is 10.0 Å². The van der Waals surface area contributed by atoms with Gasteiger partial charge >= 0.3 is 0 Å². The van der Waals surface area contributed by atoms with Crippen molar-refractivity contribution in [3.63, 3.8) is 0 Å². The molecule has 0 aliphatic rings. The van der Waals surface area contributed by atoms with E-state index < -0.39 is 10.0 Å². The highest BCUT2D eigenvalue weighted by Crippen LogP contribution is 2.45. The van der Waals surface area contributed by atoms with Crippen LogP contribution in [0.25, 0.3) is 11.1 Å². The number of hydrogen-bond donors (Lipinski definition) is 1. The smallest absolute Gasteiger partial charge is 0.238 e. The summed E-state index contributed by atoms with van der Waals surface area (Å²) in [4.78, 5) is 3.80. The monoisotopic (exact) mass is 394 g/mol. The summed E-state index contributed by atoms with van der Waals surface area (Å²) in [6.45, 7) is 0. The first-order valence-electron chi connectivity index (χ1n) is 7.06. The Bertz CT molecular complexity index is 1010. The third-order valence-corrected chi connectivity index (χ3v) is 4.94. The number of primary sulfonamides is 1. The Kier molecular flexibility index (Phi) is 4.96. The fourth-order valence-electron chi connectivity index (χ4n) is 2.28. The number of halogens is 2. The fraction of sp³-hybridized carbons (Fsp3) is 0. The first-order valence-corrected chi connectivity index (χ1v) is 9.36. The van der Waals surface area contributed by atoms with E-state index in [1.54, 1.807) is 42.6 Å². The number of nitrogens with two attached hydrogens (primary N) is 1. The average molecular weight is 395 g/mol. The summed E-state index contributed by atoms with van der Waals surface area (Å²) in [5, 5.41) is 5.40. The van der Waals surface area contributed by atoms with Crippen molar-refractivity contribution in [1.82, 2.24) is 4.98 Å². The maximum Gasteiger partial charge on any atom is 0.238 e. The Hall–Kier alpha value is -2.12. The molecule has 8 heteroatoms. The van der Waals surface area contributed by atoms with Gasteiger partial charge in [0, 0.05) is 23.5 Å². The van der Waals surface area contributed by atoms with Crippen LogP contribution in [0.3, 0.4) is 0 Å². The normalized spacial score (nSPS) is 11.3. The molecule has 2 N–H and O–H groups in total. The summed E-state index contributed by atoms with van der Waals surface area (Å²) < 4.78 is 29.8. The minimum Gasteiger partial charge on any atom is -0.454 e. The highest BCUT2D eigenvalue weighted by Gasteiger charge is 2.24. The molecule has 3 rings (SSSR count). The van der Waals surface area contributed by atoms with Crippen LogP contribution in [0.4, 0.5) is 0 Å². The van der Waals surface area contributed by atoms with E-state index in [2.05, 4.69) is 4.98 Å². The molecule has 5 nitrogen and oxygen atoms in total. The van der Waals surface area contributed by atoms with Crippen LogP contribution in [0.15, 0.2) is 65.8 Å². The minimum absolute atomic E-state index is 0.0329. The molecule has 0 aliphatic heterocycles. The molecule has 2 aromatic carbocycles. The van der Waals surface area contributed by atoms with E-state index in [0.29, 0.717) is 11.3 Å². The predicted molar refractivity (Wildman–Crippen MR) is 97.6 cm³/mol. The van der Waals surface area contributed by atoms with Gasteiger partial charge in [-0.25, -0.2) is 13.6 Å². The van der Waals surface area contributed by atoms with Crippen molar-refractivity contribution in [2.24, 2.45) is 5.14 Å². The van der Waals surface area contributed by atoms with E-state index in [0.717, 1.165) is 0 Å². The average Bonchev–Trinajstić information content (AvgIpc) is 2.59. The number of aromatic nitrogens is 1. The quantitative estimate of drug-likeness (QED) is 0.706. The summed E-state index contributed by atoms with van der Waals surface area (Å²) in [6.07, 6.45) is 3.04. The van der Waals surface area contributed by atoms with Crippen LogP contribution < -0.4 is 9.88 Å². The maximum atomic E-state index is 12.0. The zero-order chi connectivity index (χ0) is 18.0. The van der Waals surface area contributed by atoms with Crippen molar-refractivity contribution in [3.8, 4) is 22.6 Å². The van der Waals surface area contributed by atoms with Gasteiger partial charge in [-0.15, -0.1) is 0 Å². The fourth-order valence-corrected chi connectivity index (χ4v) is 3.83. The van der Waals surface area contributed by atoms with Crippen molar-refractivity contribution in [2.45, 2.75) is 4.90 Å². The van der Waals surface area contributed by atoms with Gasteiger partial charge < -0.3 is 4.74 Å². The Labute approximate surface area is 155 Å². The first-order chi connectivity index (χ1) is 11.9. The molecule has 0 saturated carbocycles. The van der Waals surface area contributed by atoms with Crippen LogP contribution in [-0.4, -0.2) is 13.4 Å². The van der Waals surface area contributed by atoms with Crippen LogP contribution in [0.1, 0.15) is 0 Å². The van der Waals surface area contributed by atoms with E-state index >= 15 is 0 Å². The van der Waals surface area contributed by atoms with Gasteiger partial charge in [0.25, 0.3) is 0 Å². The number of nitrogens with zero attached hydrogens (tertiary/aromatic N) is 1. The summed E-state index contributed by atoms with van der Waals surface area (Å²) in [7, 11) is -4.07. The van der Waals surface area contributed by atoms with Crippen molar-refractivity contribution >= 4 is 33.2 Å². The van der Waals surface area contributed by atoms with E-state index in [1.807, 2.05) is 6.07 Å². The Morgan fingerprint density at radius 1 is 1.04 bits per heavy atom. The Morgan fingerprint density at radius 2 is 1.76 bits per heavy atom. The van der Waals surface area contributed by atoms with E-state index in [1.165, 1.54) is 12.3 Å². The van der Waals surface area contributed by atoms with Gasteiger partial charge in [0.2, 0.25) is 10.0 Å². The number of pyridine rings is 1. The van der Waals surface area contributed by atoms with Crippen LogP contribution in [0.2, 0.25) is 10.0 Å². The molecule has 1 aromatic heterocycles. The molecule has 0 saturated heterocycles. The number of ether oxygens (including phenoxy) is 1. The standard InChI is InChI=1S/C17H12Cl2N2O3S/c18-13-9-14(25(20,22)23)15(11-5-4-8-21-10-11)16(19)17(13)24-12-6-2-1-3-7-12/h1-10H,(H2,20,22,23). The lowest BCUT2D eigenvalue weighted by Crippen LogP contribution is -2.14. The van der Waals surface area contributed by atoms with Gasteiger partial charge in [0.05, 0.1) is 14.9 Å². The second-order valence-electron chi connectivity index (χ2n) is 5.08. The molecule has 0 atom stereocenters. The van der Waals surface area contributed by atoms with E-state index in [-0.39, 0.29) is 26.3 Å². The third kappa shape index (κ3) is 3.77. The molecule has 0 unspecified atom stereocenters. The molecule has 128 valence electrons. The van der Waals surface area contributed by atoms with E-state index in [4.69, 9.17) is 33.1 Å². The second kappa shape index (κ2) is 7.01. The number of rotatable bonds is 4. The molecular formula is C17H12Cl2N2O3S. The molecular weight excluding hydrogens is 383 g/mol. The highest BCUT2D eigenvalue weighted by molar-refractivity contribution is 7.89. The lowest BCUT2D eigenvalue weighted by Gasteiger charge is -2.16. The third-order valence-electron chi connectivity index (χ3n) is 3.36. The van der Waals surface area contributed by atoms with Gasteiger partial charge in [-0.2, -0.15) is 0 Å². The van der Waals surface area contributed by atoms with Crippen molar-refractivity contribution in [1.29, 1.82) is 0 Å². The highest BCUT2D eigenvalue weighted by atomic mass is 35.5. The molecule has 25 heavy (non-hydrogen) atoms. The van der Waals surface area contributed by atoms with Crippen molar-refractivity contribution in [3.05, 3.63) is 71.0 Å². The Morgan fingerprint density at radius 3 is 2.36 bits per heavy atom. The van der Waals surface area contributed by atoms with E-state index in [9.17, 15) is 8.42 Å². The summed E-state index contributed by atoms with van der Waals surface area (Å²) in [5.41, 5.74) is 0.665. The maximum absolute atomic E-state index is 12.0. The van der Waals surface area contributed by atoms with Gasteiger partial charge in [0.1, 0.15) is 5.75 Å². The lowest BCUT2D eigenvalue weighted by atomic mass is 10.1. The molecule has 0 aliphatic carbocycles. The molecule has 0 bridgehead atoms. The van der Waals surface area contributed by atoms with Crippen LogP contribution in [0.5, 0.6) is 11.5 Å². The van der Waals surface area contributed by atoms with Gasteiger partial charge in [-0.3, -0.25) is 4.98 Å². The molecule has 0 amide bonds. The lowest BCUT2D eigenvalue weighted by molar-refractivity contribution is 0.483. The summed E-state index contributed by atoms with van der Waals surface area (Å²) in [5.74, 6) is 0.646. The number of benzene rings is 2. The Balaban J connectivity index is 2.26. The molecule has 1 heterocycles. The molecule has 3 aromatic rings. The largest absolute Gasteiger partial charge is 0.454 e. The topological polar surface area (TPSA) is 82.3 Å². The number of para-hydroxylation sites is 1. The SMILES string of the molecule is NS(=O)(=O)c1cc(Cl)c(Oc2ccccc2)c(Cl)c1-c1cccnc1. The zero-order valence-corrected chi connectivity index (χ0v) is 15.0. The van der Waals surface area contributed by atoms with Gasteiger partial charge in [-0.05, 0) is 24.3 Å². The van der Waals surface area contributed by atoms with Gasteiger partial charge in [-0.1, -0.05) is 47.5 Å². The first kappa shape index (κ1) is 17.7. The number of hydrogen-bond acceptors (Lipinski definition) is 4. The predicted octanol–water partition coefficient (Wildman–Crippen LogP) is 4.50. The molecule has 0 fully saturated rings. The minimum atomic E-state index is -4.07. The summed E-state index contributed by atoms with van der Waals surface area (Å²) >= 11 is 12.7. The number of sulfonamides is 1. The summed E-state index contributed by atoms with van der Waals surface area (Å²) in [6, 6.07) is 13.4. The zero-order valence-electron chi connectivity index (χ0n) is 12.7.